The molecule has 2 N–H and O–H groups in total. The van der Waals surface area contributed by atoms with Gasteiger partial charge in [0.2, 0.25) is 0 Å². The van der Waals surface area contributed by atoms with Gasteiger partial charge in [-0.05, 0) is 26.0 Å². The zero-order valence-electron chi connectivity index (χ0n) is 13.6. The second kappa shape index (κ2) is 8.05. The fourth-order valence-corrected chi connectivity index (χ4v) is 2.44. The van der Waals surface area contributed by atoms with E-state index in [9.17, 15) is 18.4 Å². The summed E-state index contributed by atoms with van der Waals surface area (Å²) in [6, 6.07) is 2.92. The van der Waals surface area contributed by atoms with Gasteiger partial charge in [-0.25, -0.2) is 13.6 Å². The smallest absolute Gasteiger partial charge is 0.317 e. The van der Waals surface area contributed by atoms with Crippen LogP contribution in [0, 0.1) is 11.6 Å². The summed E-state index contributed by atoms with van der Waals surface area (Å²) in [5, 5.41) is 5.05. The number of ether oxygens (including phenoxy) is 1. The lowest BCUT2D eigenvalue weighted by Gasteiger charge is -2.36. The molecule has 0 radical (unpaired) electrons. The van der Waals surface area contributed by atoms with Crippen molar-refractivity contribution in [3.63, 3.8) is 0 Å². The van der Waals surface area contributed by atoms with E-state index in [1.807, 2.05) is 13.8 Å². The molecule has 1 fully saturated rings. The number of amides is 3. The largest absolute Gasteiger partial charge is 0.375 e. The van der Waals surface area contributed by atoms with Gasteiger partial charge < -0.3 is 20.3 Å². The number of benzene rings is 1. The second-order valence-corrected chi connectivity index (χ2v) is 5.73. The monoisotopic (exact) mass is 341 g/mol. The summed E-state index contributed by atoms with van der Waals surface area (Å²) < 4.78 is 32.4. The van der Waals surface area contributed by atoms with Gasteiger partial charge >= 0.3 is 6.03 Å². The highest BCUT2D eigenvalue weighted by atomic mass is 19.1. The summed E-state index contributed by atoms with van der Waals surface area (Å²) in [4.78, 5) is 25.6. The number of halogens is 2. The molecule has 0 saturated carbocycles. The van der Waals surface area contributed by atoms with E-state index in [0.717, 1.165) is 12.1 Å². The fraction of sp³-hybridized carbons (Fsp3) is 0.500. The average Bonchev–Trinajstić information content (AvgIpc) is 2.53. The molecule has 24 heavy (non-hydrogen) atoms. The van der Waals surface area contributed by atoms with E-state index < -0.39 is 23.1 Å². The molecule has 6 nitrogen and oxygen atoms in total. The van der Waals surface area contributed by atoms with Crippen LogP contribution in [-0.2, 0) is 4.74 Å². The predicted octanol–water partition coefficient (Wildman–Crippen LogP) is 1.51. The minimum atomic E-state index is -0.923. The van der Waals surface area contributed by atoms with Crippen molar-refractivity contribution in [2.24, 2.45) is 0 Å². The van der Waals surface area contributed by atoms with Crippen LogP contribution in [0.2, 0.25) is 0 Å². The van der Waals surface area contributed by atoms with Gasteiger partial charge in [0, 0.05) is 19.6 Å². The first-order valence-electron chi connectivity index (χ1n) is 7.78. The number of morpholine rings is 1. The molecule has 132 valence electrons. The Morgan fingerprint density at radius 2 is 1.83 bits per heavy atom. The van der Waals surface area contributed by atoms with Crippen molar-refractivity contribution in [1.82, 2.24) is 15.5 Å². The number of nitrogens with zero attached hydrogens (tertiary/aromatic N) is 1. The average molecular weight is 341 g/mol. The SMILES string of the molecule is C[C@@H]1CN(C(=O)NCCNC(=O)c2c(F)cccc2F)[C@@H](C)CO1. The quantitative estimate of drug-likeness (QED) is 0.816. The highest BCUT2D eigenvalue weighted by Crippen LogP contribution is 2.12. The number of hydrogen-bond acceptors (Lipinski definition) is 3. The van der Waals surface area contributed by atoms with Crippen molar-refractivity contribution in [3.05, 3.63) is 35.4 Å². The van der Waals surface area contributed by atoms with Gasteiger partial charge in [-0.15, -0.1) is 0 Å². The van der Waals surface area contributed by atoms with Crippen molar-refractivity contribution in [3.8, 4) is 0 Å². The van der Waals surface area contributed by atoms with Gasteiger partial charge in [0.25, 0.3) is 5.91 Å². The van der Waals surface area contributed by atoms with Crippen LogP contribution in [0.5, 0.6) is 0 Å². The van der Waals surface area contributed by atoms with Gasteiger partial charge in [-0.2, -0.15) is 0 Å². The van der Waals surface area contributed by atoms with Crippen molar-refractivity contribution in [1.29, 1.82) is 0 Å². The number of carbonyl (C=O) groups excluding carboxylic acids is 2. The first-order valence-corrected chi connectivity index (χ1v) is 7.78. The van der Waals surface area contributed by atoms with Gasteiger partial charge in [0.15, 0.2) is 0 Å². The Hall–Kier alpha value is -2.22. The number of hydrogen-bond donors (Lipinski definition) is 2. The molecule has 1 saturated heterocycles. The number of nitrogens with one attached hydrogen (secondary N) is 2. The minimum Gasteiger partial charge on any atom is -0.375 e. The van der Waals surface area contributed by atoms with E-state index in [-0.39, 0.29) is 31.3 Å². The molecule has 1 aliphatic rings. The summed E-state index contributed by atoms with van der Waals surface area (Å²) in [5.74, 6) is -2.70. The number of urea groups is 1. The van der Waals surface area contributed by atoms with Crippen LogP contribution in [0.3, 0.4) is 0 Å². The highest BCUT2D eigenvalue weighted by molar-refractivity contribution is 5.94. The van der Waals surface area contributed by atoms with E-state index in [4.69, 9.17) is 4.74 Å². The van der Waals surface area contributed by atoms with Crippen LogP contribution in [0.15, 0.2) is 18.2 Å². The molecule has 1 heterocycles. The maximum absolute atomic E-state index is 13.5. The Labute approximate surface area is 139 Å². The Balaban J connectivity index is 1.78. The van der Waals surface area contributed by atoms with Gasteiger partial charge in [-0.3, -0.25) is 4.79 Å². The predicted molar refractivity (Wildman–Crippen MR) is 83.7 cm³/mol. The second-order valence-electron chi connectivity index (χ2n) is 5.73. The lowest BCUT2D eigenvalue weighted by molar-refractivity contribution is -0.0317. The Morgan fingerprint density at radius 1 is 1.21 bits per heavy atom. The van der Waals surface area contributed by atoms with Crippen LogP contribution < -0.4 is 10.6 Å². The molecule has 1 aromatic rings. The lowest BCUT2D eigenvalue weighted by atomic mass is 10.2. The molecule has 0 unspecified atom stereocenters. The normalized spacial score (nSPS) is 20.6. The molecule has 3 amide bonds. The number of rotatable bonds is 4. The lowest BCUT2D eigenvalue weighted by Crippen LogP contribution is -2.54. The molecule has 0 spiro atoms. The Morgan fingerprint density at radius 3 is 2.50 bits per heavy atom. The molecule has 8 heteroatoms. The van der Waals surface area contributed by atoms with E-state index in [0.29, 0.717) is 13.2 Å². The third-order valence-electron chi connectivity index (χ3n) is 3.75. The number of carbonyl (C=O) groups is 2. The van der Waals surface area contributed by atoms with E-state index >= 15 is 0 Å². The Kier molecular flexibility index (Phi) is 6.08. The summed E-state index contributed by atoms with van der Waals surface area (Å²) >= 11 is 0. The molecule has 0 aliphatic carbocycles. The van der Waals surface area contributed by atoms with Gasteiger partial charge in [0.1, 0.15) is 17.2 Å². The summed E-state index contributed by atoms with van der Waals surface area (Å²) in [6.45, 7) is 4.94. The third kappa shape index (κ3) is 4.41. The van der Waals surface area contributed by atoms with Crippen LogP contribution in [0.4, 0.5) is 13.6 Å². The topological polar surface area (TPSA) is 70.7 Å². The maximum atomic E-state index is 13.5. The van der Waals surface area contributed by atoms with Crippen LogP contribution >= 0.6 is 0 Å². The molecule has 2 rings (SSSR count). The standard InChI is InChI=1S/C16H21F2N3O3/c1-10-9-24-11(2)8-21(10)16(23)20-7-6-19-15(22)14-12(17)4-3-5-13(14)18/h3-5,10-11H,6-9H2,1-2H3,(H,19,22)(H,20,23)/t10-,11+/m0/s1. The maximum Gasteiger partial charge on any atom is 0.317 e. The Bertz CT molecular complexity index is 592. The molecule has 1 aromatic carbocycles. The first-order chi connectivity index (χ1) is 11.4. The summed E-state index contributed by atoms with van der Waals surface area (Å²) in [6.07, 6.45) is -0.0318. The third-order valence-corrected chi connectivity index (χ3v) is 3.75. The molecule has 0 bridgehead atoms. The van der Waals surface area contributed by atoms with E-state index in [1.54, 1.807) is 4.90 Å². The zero-order chi connectivity index (χ0) is 17.7. The van der Waals surface area contributed by atoms with Crippen LogP contribution in [0.25, 0.3) is 0 Å². The van der Waals surface area contributed by atoms with Crippen molar-refractivity contribution in [2.75, 3.05) is 26.2 Å². The first kappa shape index (κ1) is 18.1. The molecular formula is C16H21F2N3O3. The molecule has 1 aliphatic heterocycles. The molecular weight excluding hydrogens is 320 g/mol. The van der Waals surface area contributed by atoms with Gasteiger partial charge in [0.05, 0.1) is 18.8 Å². The van der Waals surface area contributed by atoms with Crippen molar-refractivity contribution >= 4 is 11.9 Å². The van der Waals surface area contributed by atoms with Crippen molar-refractivity contribution in [2.45, 2.75) is 26.0 Å². The highest BCUT2D eigenvalue weighted by Gasteiger charge is 2.27. The fourth-order valence-electron chi connectivity index (χ4n) is 2.44. The summed E-state index contributed by atoms with van der Waals surface area (Å²) in [7, 11) is 0. The minimum absolute atomic E-state index is 0.0318. The van der Waals surface area contributed by atoms with Crippen LogP contribution in [-0.4, -0.2) is 55.2 Å². The van der Waals surface area contributed by atoms with E-state index in [2.05, 4.69) is 10.6 Å². The zero-order valence-corrected chi connectivity index (χ0v) is 13.6. The summed E-state index contributed by atoms with van der Waals surface area (Å²) in [5.41, 5.74) is -0.626. The van der Waals surface area contributed by atoms with E-state index in [1.165, 1.54) is 6.07 Å². The van der Waals surface area contributed by atoms with Crippen LogP contribution in [0.1, 0.15) is 24.2 Å². The molecule has 2 atom stereocenters. The molecule has 0 aromatic heterocycles. The van der Waals surface area contributed by atoms with Crippen molar-refractivity contribution < 1.29 is 23.1 Å². The van der Waals surface area contributed by atoms with Gasteiger partial charge in [-0.1, -0.05) is 6.07 Å².